The molecule has 2 nitrogen and oxygen atoms in total. The van der Waals surface area contributed by atoms with Crippen molar-refractivity contribution >= 4 is 0 Å². The zero-order valence-corrected chi connectivity index (χ0v) is 19.9. The Kier molecular flexibility index (Phi) is 6.19. The Morgan fingerprint density at radius 1 is 0.828 bits per heavy atom. The lowest BCUT2D eigenvalue weighted by Crippen LogP contribution is -2.54. The minimum atomic E-state index is -0.0866. The van der Waals surface area contributed by atoms with Gasteiger partial charge < -0.3 is 10.2 Å². The molecule has 168 valence electrons. The van der Waals surface area contributed by atoms with E-state index >= 15 is 0 Å². The number of fused-ring (bicyclic) bond motifs is 5. The van der Waals surface area contributed by atoms with E-state index < -0.39 is 0 Å². The molecule has 29 heavy (non-hydrogen) atoms. The molecule has 0 spiro atoms. The van der Waals surface area contributed by atoms with Crippen molar-refractivity contribution in [2.75, 3.05) is 0 Å². The van der Waals surface area contributed by atoms with Crippen molar-refractivity contribution < 1.29 is 10.2 Å². The minimum Gasteiger partial charge on any atom is -0.393 e. The molecule has 2 heteroatoms. The van der Waals surface area contributed by atoms with Crippen LogP contribution in [-0.2, 0) is 0 Å². The second-order valence-electron chi connectivity index (χ2n) is 12.8. The van der Waals surface area contributed by atoms with E-state index in [1.165, 1.54) is 51.4 Å². The third-order valence-corrected chi connectivity index (χ3v) is 10.8. The lowest BCUT2D eigenvalue weighted by Gasteiger charge is -2.61. The molecule has 0 heterocycles. The van der Waals surface area contributed by atoms with Crippen LogP contribution in [0.4, 0.5) is 0 Å². The van der Waals surface area contributed by atoms with Crippen LogP contribution < -0.4 is 0 Å². The number of hydrogen-bond acceptors (Lipinski definition) is 2. The molecule has 4 saturated carbocycles. The molecule has 4 aliphatic rings. The maximum Gasteiger partial charge on any atom is 0.0579 e. The van der Waals surface area contributed by atoms with Crippen molar-refractivity contribution in [1.29, 1.82) is 0 Å². The van der Waals surface area contributed by atoms with Crippen molar-refractivity contribution in [2.45, 2.75) is 117 Å². The molecule has 0 aliphatic heterocycles. The highest BCUT2D eigenvalue weighted by Crippen LogP contribution is 2.68. The van der Waals surface area contributed by atoms with E-state index in [0.29, 0.717) is 22.7 Å². The average molecular weight is 405 g/mol. The van der Waals surface area contributed by atoms with Crippen LogP contribution in [0, 0.1) is 52.3 Å². The van der Waals surface area contributed by atoms with Crippen molar-refractivity contribution in [3.05, 3.63) is 0 Å². The molecule has 4 rings (SSSR count). The quantitative estimate of drug-likeness (QED) is 0.553. The highest BCUT2D eigenvalue weighted by Gasteiger charge is 2.62. The summed E-state index contributed by atoms with van der Waals surface area (Å²) in [6, 6.07) is 0. The predicted molar refractivity (Wildman–Crippen MR) is 120 cm³/mol. The summed E-state index contributed by atoms with van der Waals surface area (Å²) in [7, 11) is 0. The molecule has 0 amide bonds. The molecule has 10 atom stereocenters. The average Bonchev–Trinajstić information content (AvgIpc) is 2.92. The van der Waals surface area contributed by atoms with Gasteiger partial charge in [0.15, 0.2) is 0 Å². The van der Waals surface area contributed by atoms with Gasteiger partial charge in [0.1, 0.15) is 0 Å². The van der Waals surface area contributed by atoms with Gasteiger partial charge in [0.05, 0.1) is 12.2 Å². The summed E-state index contributed by atoms with van der Waals surface area (Å²) in [6.07, 6.45) is 13.5. The van der Waals surface area contributed by atoms with Gasteiger partial charge in [0, 0.05) is 0 Å². The van der Waals surface area contributed by atoms with Gasteiger partial charge in [-0.15, -0.1) is 0 Å². The summed E-state index contributed by atoms with van der Waals surface area (Å²) < 4.78 is 0. The highest BCUT2D eigenvalue weighted by molar-refractivity contribution is 5.11. The largest absolute Gasteiger partial charge is 0.393 e. The number of hydrogen-bond donors (Lipinski definition) is 2. The molecule has 0 aromatic rings. The SMILES string of the molecule is CC(C)CCC[C@@H](C)[C@H]1[C@@H](O)C[C@H]2[C@@H]3CC[C@@H]4C[C@@H](O)CC[C@]4(C)[C@H]3CC[C@]12C. The van der Waals surface area contributed by atoms with Gasteiger partial charge in [-0.25, -0.2) is 0 Å². The summed E-state index contributed by atoms with van der Waals surface area (Å²) in [5.41, 5.74) is 0.782. The van der Waals surface area contributed by atoms with Crippen molar-refractivity contribution in [1.82, 2.24) is 0 Å². The maximum atomic E-state index is 11.3. The molecule has 0 saturated heterocycles. The van der Waals surface area contributed by atoms with E-state index in [-0.39, 0.29) is 12.2 Å². The Morgan fingerprint density at radius 3 is 2.28 bits per heavy atom. The van der Waals surface area contributed by atoms with Gasteiger partial charge in [-0.2, -0.15) is 0 Å². The van der Waals surface area contributed by atoms with Crippen LogP contribution in [0.25, 0.3) is 0 Å². The Morgan fingerprint density at radius 2 is 1.55 bits per heavy atom. The van der Waals surface area contributed by atoms with Gasteiger partial charge in [-0.1, -0.05) is 53.9 Å². The zero-order valence-electron chi connectivity index (χ0n) is 19.9. The van der Waals surface area contributed by atoms with E-state index in [9.17, 15) is 10.2 Å². The lowest BCUT2D eigenvalue weighted by atomic mass is 9.44. The van der Waals surface area contributed by atoms with Crippen LogP contribution >= 0.6 is 0 Å². The Bertz CT molecular complexity index is 573. The van der Waals surface area contributed by atoms with Crippen LogP contribution in [0.2, 0.25) is 0 Å². The zero-order chi connectivity index (χ0) is 21.0. The summed E-state index contributed by atoms with van der Waals surface area (Å²) >= 11 is 0. The fourth-order valence-corrected chi connectivity index (χ4v) is 9.34. The van der Waals surface area contributed by atoms with Crippen LogP contribution in [0.15, 0.2) is 0 Å². The van der Waals surface area contributed by atoms with Crippen molar-refractivity contribution in [3.63, 3.8) is 0 Å². The highest BCUT2D eigenvalue weighted by atomic mass is 16.3. The molecule has 0 aromatic carbocycles. The summed E-state index contributed by atoms with van der Waals surface area (Å²) in [5.74, 6) is 5.03. The normalized spacial score (nSPS) is 50.7. The van der Waals surface area contributed by atoms with E-state index in [1.54, 1.807) is 0 Å². The maximum absolute atomic E-state index is 11.3. The van der Waals surface area contributed by atoms with E-state index in [2.05, 4.69) is 34.6 Å². The van der Waals surface area contributed by atoms with Crippen LogP contribution in [0.1, 0.15) is 105 Å². The van der Waals surface area contributed by atoms with Crippen LogP contribution in [-0.4, -0.2) is 22.4 Å². The molecule has 0 aromatic heterocycles. The van der Waals surface area contributed by atoms with Crippen molar-refractivity contribution in [2.24, 2.45) is 52.3 Å². The predicted octanol–water partition coefficient (Wildman–Crippen LogP) is 6.44. The molecular formula is C27H48O2. The Balaban J connectivity index is 1.50. The fourth-order valence-electron chi connectivity index (χ4n) is 9.34. The van der Waals surface area contributed by atoms with Crippen LogP contribution in [0.5, 0.6) is 0 Å². The standard InChI is InChI=1S/C27H48O2/c1-17(2)7-6-8-18(3)25-24(29)16-23-21-10-9-19-15-20(28)11-13-26(19,4)22(21)12-14-27(23,25)5/h17-25,28-29H,6-16H2,1-5H3/t18-,19-,20+,21-,22+,23+,24+,25+,26+,27+/m1/s1. The van der Waals surface area contributed by atoms with E-state index in [1.807, 2.05) is 0 Å². The molecule has 4 aliphatic carbocycles. The van der Waals surface area contributed by atoms with E-state index in [4.69, 9.17) is 0 Å². The van der Waals surface area contributed by atoms with Gasteiger partial charge in [0.2, 0.25) is 0 Å². The summed E-state index contributed by atoms with van der Waals surface area (Å²) in [5, 5.41) is 21.5. The minimum absolute atomic E-state index is 0.0529. The third kappa shape index (κ3) is 3.73. The third-order valence-electron chi connectivity index (χ3n) is 10.8. The molecule has 2 N–H and O–H groups in total. The van der Waals surface area contributed by atoms with E-state index in [0.717, 1.165) is 48.9 Å². The topological polar surface area (TPSA) is 40.5 Å². The van der Waals surface area contributed by atoms with Crippen molar-refractivity contribution in [3.8, 4) is 0 Å². The molecule has 0 bridgehead atoms. The Labute approximate surface area is 180 Å². The second-order valence-corrected chi connectivity index (χ2v) is 12.8. The van der Waals surface area contributed by atoms with Gasteiger partial charge >= 0.3 is 0 Å². The summed E-state index contributed by atoms with van der Waals surface area (Å²) in [6.45, 7) is 12.2. The lowest BCUT2D eigenvalue weighted by molar-refractivity contribution is -0.130. The molecular weight excluding hydrogens is 356 g/mol. The fraction of sp³-hybridized carbons (Fsp3) is 1.00. The number of aliphatic hydroxyl groups excluding tert-OH is 2. The first kappa shape index (κ1) is 22.1. The van der Waals surface area contributed by atoms with Crippen LogP contribution in [0.3, 0.4) is 0 Å². The second kappa shape index (κ2) is 8.12. The first-order chi connectivity index (χ1) is 13.7. The monoisotopic (exact) mass is 404 g/mol. The molecule has 0 unspecified atom stereocenters. The number of aliphatic hydroxyl groups is 2. The summed E-state index contributed by atoms with van der Waals surface area (Å²) in [4.78, 5) is 0. The molecule has 4 fully saturated rings. The first-order valence-corrected chi connectivity index (χ1v) is 13.0. The smallest absolute Gasteiger partial charge is 0.0579 e. The first-order valence-electron chi connectivity index (χ1n) is 13.0. The Hall–Kier alpha value is -0.0800. The van der Waals surface area contributed by atoms with Gasteiger partial charge in [-0.05, 0) is 104 Å². The number of rotatable bonds is 5. The van der Waals surface area contributed by atoms with Gasteiger partial charge in [-0.3, -0.25) is 0 Å². The molecule has 0 radical (unpaired) electrons. The van der Waals surface area contributed by atoms with Gasteiger partial charge in [0.25, 0.3) is 0 Å².